The molecule has 0 aromatic heterocycles. The molecular formula is C19H22O9. The molecule has 1 saturated heterocycles. The van der Waals surface area contributed by atoms with Gasteiger partial charge in [-0.25, -0.2) is 4.79 Å². The topological polar surface area (TPSA) is 114 Å². The molecule has 0 bridgehead atoms. The summed E-state index contributed by atoms with van der Waals surface area (Å²) in [6.07, 6.45) is -4.03. The summed E-state index contributed by atoms with van der Waals surface area (Å²) < 4.78 is 26.3. The molecule has 9 heteroatoms. The lowest BCUT2D eigenvalue weighted by molar-refractivity contribution is -0.270. The first-order valence-corrected chi connectivity index (χ1v) is 8.65. The molecule has 28 heavy (non-hydrogen) atoms. The van der Waals surface area contributed by atoms with Crippen molar-refractivity contribution in [1.82, 2.24) is 0 Å². The van der Waals surface area contributed by atoms with Crippen LogP contribution in [0, 0.1) is 0 Å². The fraction of sp³-hybridized carbons (Fsp3) is 0.474. The van der Waals surface area contributed by atoms with E-state index in [-0.39, 0.29) is 13.0 Å². The first-order valence-electron chi connectivity index (χ1n) is 8.65. The first-order chi connectivity index (χ1) is 13.3. The van der Waals surface area contributed by atoms with Crippen molar-refractivity contribution in [3.63, 3.8) is 0 Å². The average molecular weight is 394 g/mol. The monoisotopic (exact) mass is 394 g/mol. The number of hydrogen-bond donors (Lipinski definition) is 0. The molecule has 1 aliphatic heterocycles. The molecule has 0 N–H and O–H groups in total. The molecule has 1 heterocycles. The zero-order valence-corrected chi connectivity index (χ0v) is 15.8. The SMILES string of the molecule is CC(=O)O[C@H]1O[C@H](COC(=O)c2ccccc2)C[C@H](OC(C)=O)[C@@H]1OC(C)=O. The van der Waals surface area contributed by atoms with Crippen LogP contribution in [0.15, 0.2) is 30.3 Å². The van der Waals surface area contributed by atoms with Gasteiger partial charge in [-0.05, 0) is 12.1 Å². The maximum absolute atomic E-state index is 12.1. The third-order valence-electron chi connectivity index (χ3n) is 3.77. The second-order valence-corrected chi connectivity index (χ2v) is 6.16. The molecule has 152 valence electrons. The summed E-state index contributed by atoms with van der Waals surface area (Å²) in [4.78, 5) is 46.3. The number of carbonyl (C=O) groups is 4. The minimum absolute atomic E-state index is 0.0807. The van der Waals surface area contributed by atoms with E-state index in [2.05, 4.69) is 0 Å². The van der Waals surface area contributed by atoms with Crippen molar-refractivity contribution in [3.05, 3.63) is 35.9 Å². The van der Waals surface area contributed by atoms with Gasteiger partial charge in [0.1, 0.15) is 12.7 Å². The molecule has 2 rings (SSSR count). The summed E-state index contributed by atoms with van der Waals surface area (Å²) in [7, 11) is 0. The number of hydrogen-bond acceptors (Lipinski definition) is 9. The zero-order chi connectivity index (χ0) is 20.7. The second-order valence-electron chi connectivity index (χ2n) is 6.16. The van der Waals surface area contributed by atoms with Gasteiger partial charge in [-0.2, -0.15) is 0 Å². The number of ether oxygens (including phenoxy) is 5. The van der Waals surface area contributed by atoms with E-state index in [4.69, 9.17) is 23.7 Å². The van der Waals surface area contributed by atoms with E-state index in [9.17, 15) is 19.2 Å². The highest BCUT2D eigenvalue weighted by Crippen LogP contribution is 2.27. The van der Waals surface area contributed by atoms with Crippen molar-refractivity contribution in [3.8, 4) is 0 Å². The van der Waals surface area contributed by atoms with E-state index in [0.717, 1.165) is 6.92 Å². The molecule has 0 unspecified atom stereocenters. The lowest BCUT2D eigenvalue weighted by Gasteiger charge is -2.39. The fourth-order valence-corrected chi connectivity index (χ4v) is 2.73. The van der Waals surface area contributed by atoms with Crippen LogP contribution < -0.4 is 0 Å². The van der Waals surface area contributed by atoms with Crippen LogP contribution in [0.5, 0.6) is 0 Å². The predicted molar refractivity (Wildman–Crippen MR) is 92.9 cm³/mol. The number of benzene rings is 1. The smallest absolute Gasteiger partial charge is 0.338 e. The zero-order valence-electron chi connectivity index (χ0n) is 15.8. The van der Waals surface area contributed by atoms with Crippen LogP contribution in [0.25, 0.3) is 0 Å². The summed E-state index contributed by atoms with van der Waals surface area (Å²) >= 11 is 0. The Morgan fingerprint density at radius 3 is 2.11 bits per heavy atom. The van der Waals surface area contributed by atoms with E-state index in [0.29, 0.717) is 5.56 Å². The summed E-state index contributed by atoms with van der Waals surface area (Å²) in [6.45, 7) is 3.36. The third kappa shape index (κ3) is 6.34. The Balaban J connectivity index is 2.10. The van der Waals surface area contributed by atoms with Crippen LogP contribution in [0.1, 0.15) is 37.6 Å². The van der Waals surface area contributed by atoms with Crippen LogP contribution in [-0.2, 0) is 38.1 Å². The molecule has 4 atom stereocenters. The lowest BCUT2D eigenvalue weighted by atomic mass is 10.0. The molecular weight excluding hydrogens is 372 g/mol. The third-order valence-corrected chi connectivity index (χ3v) is 3.77. The average Bonchev–Trinajstić information content (AvgIpc) is 2.62. The van der Waals surface area contributed by atoms with Crippen molar-refractivity contribution < 1.29 is 42.9 Å². The molecule has 9 nitrogen and oxygen atoms in total. The molecule has 0 spiro atoms. The highest BCUT2D eigenvalue weighted by atomic mass is 16.7. The quantitative estimate of drug-likeness (QED) is 0.521. The van der Waals surface area contributed by atoms with Gasteiger partial charge in [0, 0.05) is 27.2 Å². The van der Waals surface area contributed by atoms with Crippen LogP contribution in [0.3, 0.4) is 0 Å². The number of carbonyl (C=O) groups excluding carboxylic acids is 4. The van der Waals surface area contributed by atoms with Gasteiger partial charge in [0.05, 0.1) is 11.7 Å². The van der Waals surface area contributed by atoms with E-state index in [1.54, 1.807) is 30.3 Å². The first kappa shape index (κ1) is 21.4. The molecule has 0 amide bonds. The molecule has 0 aliphatic carbocycles. The van der Waals surface area contributed by atoms with Gasteiger partial charge in [0.25, 0.3) is 0 Å². The largest absolute Gasteiger partial charge is 0.459 e. The number of rotatable bonds is 6. The predicted octanol–water partition coefficient (Wildman–Crippen LogP) is 1.38. The van der Waals surface area contributed by atoms with E-state index >= 15 is 0 Å². The lowest BCUT2D eigenvalue weighted by Crippen LogP contribution is -2.54. The molecule has 1 aromatic carbocycles. The van der Waals surface area contributed by atoms with Crippen LogP contribution in [0.4, 0.5) is 0 Å². The van der Waals surface area contributed by atoms with Gasteiger partial charge in [-0.15, -0.1) is 0 Å². The van der Waals surface area contributed by atoms with E-state index in [1.807, 2.05) is 0 Å². The van der Waals surface area contributed by atoms with Crippen molar-refractivity contribution >= 4 is 23.9 Å². The van der Waals surface area contributed by atoms with Gasteiger partial charge in [0.2, 0.25) is 12.4 Å². The Kier molecular flexibility index (Phi) is 7.51. The van der Waals surface area contributed by atoms with Crippen molar-refractivity contribution in [2.75, 3.05) is 6.61 Å². The standard InChI is InChI=1S/C19H22O9/c1-11(20)25-16-9-15(10-24-18(23)14-7-5-4-6-8-14)28-19(27-13(3)22)17(16)26-12(2)21/h4-8,15-17,19H,9-10H2,1-3H3/t15-,16-,17-,19-/m0/s1. The highest BCUT2D eigenvalue weighted by Gasteiger charge is 2.45. The Morgan fingerprint density at radius 2 is 1.54 bits per heavy atom. The maximum atomic E-state index is 12.1. The number of esters is 4. The van der Waals surface area contributed by atoms with E-state index < -0.39 is 48.5 Å². The molecule has 0 saturated carbocycles. The van der Waals surface area contributed by atoms with Crippen molar-refractivity contribution in [2.45, 2.75) is 51.8 Å². The second kappa shape index (κ2) is 9.84. The summed E-state index contributed by atoms with van der Waals surface area (Å²) in [5.74, 6) is -2.49. The van der Waals surface area contributed by atoms with Crippen LogP contribution in [-0.4, -0.2) is 55.1 Å². The van der Waals surface area contributed by atoms with Crippen molar-refractivity contribution in [2.24, 2.45) is 0 Å². The Hall–Kier alpha value is -2.94. The Morgan fingerprint density at radius 1 is 0.929 bits per heavy atom. The summed E-state index contributed by atoms with van der Waals surface area (Å²) in [5.41, 5.74) is 0.365. The van der Waals surface area contributed by atoms with Gasteiger partial charge >= 0.3 is 23.9 Å². The van der Waals surface area contributed by atoms with Crippen molar-refractivity contribution in [1.29, 1.82) is 0 Å². The van der Waals surface area contributed by atoms with E-state index in [1.165, 1.54) is 13.8 Å². The van der Waals surface area contributed by atoms with Gasteiger partial charge in [-0.3, -0.25) is 14.4 Å². The highest BCUT2D eigenvalue weighted by molar-refractivity contribution is 5.89. The van der Waals surface area contributed by atoms with Gasteiger partial charge in [0.15, 0.2) is 0 Å². The fourth-order valence-electron chi connectivity index (χ4n) is 2.73. The van der Waals surface area contributed by atoms with Gasteiger partial charge in [-0.1, -0.05) is 18.2 Å². The minimum atomic E-state index is -1.31. The molecule has 1 fully saturated rings. The molecule has 0 radical (unpaired) electrons. The molecule has 1 aliphatic rings. The maximum Gasteiger partial charge on any atom is 0.338 e. The normalized spacial score (nSPS) is 24.0. The Labute approximate surface area is 161 Å². The summed E-state index contributed by atoms with van der Waals surface area (Å²) in [5, 5.41) is 0. The summed E-state index contributed by atoms with van der Waals surface area (Å²) in [6, 6.07) is 8.37. The minimum Gasteiger partial charge on any atom is -0.459 e. The van der Waals surface area contributed by atoms with Gasteiger partial charge < -0.3 is 23.7 Å². The van der Waals surface area contributed by atoms with Crippen LogP contribution in [0.2, 0.25) is 0 Å². The molecule has 1 aromatic rings. The Bertz CT molecular complexity index is 689. The van der Waals surface area contributed by atoms with Crippen LogP contribution >= 0.6 is 0 Å².